The second-order valence-electron chi connectivity index (χ2n) is 5.34. The molecule has 21 heavy (non-hydrogen) atoms. The quantitative estimate of drug-likeness (QED) is 0.883. The zero-order valence-electron chi connectivity index (χ0n) is 13.3. The molecule has 0 saturated carbocycles. The summed E-state index contributed by atoms with van der Waals surface area (Å²) in [6, 6.07) is 7.33. The Morgan fingerprint density at radius 1 is 1.29 bits per heavy atom. The van der Waals surface area contributed by atoms with E-state index in [2.05, 4.69) is 35.0 Å². The van der Waals surface area contributed by atoms with Gasteiger partial charge in [-0.25, -0.2) is 4.39 Å². The number of benzene rings is 1. The molecule has 1 aromatic carbocycles. The van der Waals surface area contributed by atoms with Gasteiger partial charge in [0.1, 0.15) is 5.82 Å². The first kappa shape index (κ1) is 15.7. The number of likely N-dealkylation sites (N-methyl/N-ethyl adjacent to an activating group) is 1. The average molecular weight is 289 g/mol. The predicted molar refractivity (Wildman–Crippen MR) is 83.9 cm³/mol. The Morgan fingerprint density at radius 3 is 2.62 bits per heavy atom. The van der Waals surface area contributed by atoms with E-state index in [0.29, 0.717) is 0 Å². The number of nitrogens with one attached hydrogen (secondary N) is 1. The lowest BCUT2D eigenvalue weighted by atomic mass is 9.97. The average Bonchev–Trinajstić information content (AvgIpc) is 2.87. The van der Waals surface area contributed by atoms with Gasteiger partial charge in [-0.15, -0.1) is 0 Å². The Balaban J connectivity index is 2.28. The molecule has 1 N–H and O–H groups in total. The van der Waals surface area contributed by atoms with Gasteiger partial charge in [0, 0.05) is 24.7 Å². The highest BCUT2D eigenvalue weighted by atomic mass is 19.1. The summed E-state index contributed by atoms with van der Waals surface area (Å²) in [5.74, 6) is -0.182. The van der Waals surface area contributed by atoms with Crippen LogP contribution in [0.25, 0.3) is 0 Å². The number of nitrogens with zero attached hydrogens (tertiary/aromatic N) is 2. The highest BCUT2D eigenvalue weighted by Crippen LogP contribution is 2.23. The molecule has 2 rings (SSSR count). The fraction of sp³-hybridized carbons (Fsp3) is 0.471. The molecule has 1 unspecified atom stereocenters. The molecule has 4 heteroatoms. The minimum atomic E-state index is -0.182. The summed E-state index contributed by atoms with van der Waals surface area (Å²) in [7, 11) is 1.95. The van der Waals surface area contributed by atoms with Crippen LogP contribution in [0.3, 0.4) is 0 Å². The van der Waals surface area contributed by atoms with E-state index < -0.39 is 0 Å². The molecule has 0 aliphatic rings. The molecule has 3 nitrogen and oxygen atoms in total. The Morgan fingerprint density at radius 2 is 2.05 bits per heavy atom. The summed E-state index contributed by atoms with van der Waals surface area (Å²) in [6.07, 6.45) is 1.80. The molecule has 114 valence electrons. The van der Waals surface area contributed by atoms with Gasteiger partial charge in [-0.3, -0.25) is 4.68 Å². The molecule has 1 aromatic heterocycles. The van der Waals surface area contributed by atoms with Crippen molar-refractivity contribution in [2.45, 2.75) is 46.2 Å². The summed E-state index contributed by atoms with van der Waals surface area (Å²) < 4.78 is 15.3. The number of hydrogen-bond acceptors (Lipinski definition) is 2. The van der Waals surface area contributed by atoms with Crippen LogP contribution in [0.2, 0.25) is 0 Å². The third-order valence-electron chi connectivity index (χ3n) is 3.94. The van der Waals surface area contributed by atoms with Gasteiger partial charge in [0.25, 0.3) is 0 Å². The molecule has 0 saturated heterocycles. The van der Waals surface area contributed by atoms with Crippen LogP contribution >= 0.6 is 0 Å². The predicted octanol–water partition coefficient (Wildman–Crippen LogP) is 3.42. The SMILES string of the molecule is CCc1cc(CC(NC)c2ccc(F)cc2C)n(CC)n1. The standard InChI is InChI=1S/C17H24FN3/c1-5-14-10-15(21(6-2)20-14)11-17(19-4)16-8-7-13(18)9-12(16)3/h7-10,17,19H,5-6,11H2,1-4H3. The Bertz CT molecular complexity index is 604. The van der Waals surface area contributed by atoms with Gasteiger partial charge in [0.2, 0.25) is 0 Å². The first-order chi connectivity index (χ1) is 10.1. The lowest BCUT2D eigenvalue weighted by molar-refractivity contribution is 0.537. The van der Waals surface area contributed by atoms with Crippen molar-refractivity contribution in [2.75, 3.05) is 7.05 Å². The molecule has 0 radical (unpaired) electrons. The molecular weight excluding hydrogens is 265 g/mol. The number of aryl methyl sites for hydroxylation is 3. The Hall–Kier alpha value is -1.68. The van der Waals surface area contributed by atoms with Crippen molar-refractivity contribution in [3.05, 3.63) is 52.6 Å². The number of aromatic nitrogens is 2. The van der Waals surface area contributed by atoms with E-state index in [1.54, 1.807) is 6.07 Å². The van der Waals surface area contributed by atoms with Crippen molar-refractivity contribution in [3.8, 4) is 0 Å². The van der Waals surface area contributed by atoms with Crippen molar-refractivity contribution >= 4 is 0 Å². The number of halogens is 1. The zero-order chi connectivity index (χ0) is 15.4. The maximum atomic E-state index is 13.3. The molecule has 0 spiro atoms. The van der Waals surface area contributed by atoms with Crippen molar-refractivity contribution in [2.24, 2.45) is 0 Å². The van der Waals surface area contributed by atoms with E-state index in [9.17, 15) is 4.39 Å². The highest BCUT2D eigenvalue weighted by molar-refractivity contribution is 5.30. The van der Waals surface area contributed by atoms with Gasteiger partial charge >= 0.3 is 0 Å². The zero-order valence-corrected chi connectivity index (χ0v) is 13.3. The van der Waals surface area contributed by atoms with E-state index in [-0.39, 0.29) is 11.9 Å². The molecule has 0 amide bonds. The Kier molecular flexibility index (Phi) is 5.12. The van der Waals surface area contributed by atoms with E-state index in [4.69, 9.17) is 0 Å². The van der Waals surface area contributed by atoms with Gasteiger partial charge in [-0.1, -0.05) is 13.0 Å². The maximum absolute atomic E-state index is 13.3. The first-order valence-corrected chi connectivity index (χ1v) is 7.57. The van der Waals surface area contributed by atoms with E-state index in [1.807, 2.05) is 20.0 Å². The second kappa shape index (κ2) is 6.85. The molecule has 0 aliphatic carbocycles. The summed E-state index contributed by atoms with van der Waals surface area (Å²) in [6.45, 7) is 7.05. The summed E-state index contributed by atoms with van der Waals surface area (Å²) in [5.41, 5.74) is 4.46. The first-order valence-electron chi connectivity index (χ1n) is 7.57. The van der Waals surface area contributed by atoms with E-state index in [1.165, 1.54) is 11.8 Å². The van der Waals surface area contributed by atoms with Crippen molar-refractivity contribution in [3.63, 3.8) is 0 Å². The van der Waals surface area contributed by atoms with E-state index in [0.717, 1.165) is 36.2 Å². The largest absolute Gasteiger partial charge is 0.313 e. The van der Waals surface area contributed by atoms with Crippen LogP contribution in [0, 0.1) is 12.7 Å². The lowest BCUT2D eigenvalue weighted by Gasteiger charge is -2.19. The topological polar surface area (TPSA) is 29.9 Å². The third-order valence-corrected chi connectivity index (χ3v) is 3.94. The maximum Gasteiger partial charge on any atom is 0.123 e. The van der Waals surface area contributed by atoms with E-state index >= 15 is 0 Å². The highest BCUT2D eigenvalue weighted by Gasteiger charge is 2.16. The normalized spacial score (nSPS) is 12.6. The van der Waals surface area contributed by atoms with Crippen molar-refractivity contribution in [1.82, 2.24) is 15.1 Å². The van der Waals surface area contributed by atoms with Crippen molar-refractivity contribution < 1.29 is 4.39 Å². The fourth-order valence-corrected chi connectivity index (χ4v) is 2.73. The summed E-state index contributed by atoms with van der Waals surface area (Å²) in [4.78, 5) is 0. The van der Waals surface area contributed by atoms with Crippen LogP contribution < -0.4 is 5.32 Å². The van der Waals surface area contributed by atoms with Crippen LogP contribution in [0.5, 0.6) is 0 Å². The van der Waals surface area contributed by atoms with Gasteiger partial charge in [0.05, 0.1) is 5.69 Å². The van der Waals surface area contributed by atoms with Crippen LogP contribution in [0.4, 0.5) is 4.39 Å². The molecule has 0 aliphatic heterocycles. The van der Waals surface area contributed by atoms with Gasteiger partial charge in [-0.05, 0) is 56.6 Å². The van der Waals surface area contributed by atoms with Gasteiger partial charge in [-0.2, -0.15) is 5.10 Å². The fourth-order valence-electron chi connectivity index (χ4n) is 2.73. The third kappa shape index (κ3) is 3.50. The number of hydrogen-bond donors (Lipinski definition) is 1. The summed E-state index contributed by atoms with van der Waals surface area (Å²) in [5, 5.41) is 7.94. The van der Waals surface area contributed by atoms with Crippen LogP contribution in [-0.2, 0) is 19.4 Å². The monoisotopic (exact) mass is 289 g/mol. The van der Waals surface area contributed by atoms with Gasteiger partial charge < -0.3 is 5.32 Å². The summed E-state index contributed by atoms with van der Waals surface area (Å²) >= 11 is 0. The molecule has 1 atom stereocenters. The van der Waals surface area contributed by atoms with Gasteiger partial charge in [0.15, 0.2) is 0 Å². The molecule has 1 heterocycles. The molecule has 0 fully saturated rings. The minimum absolute atomic E-state index is 0.164. The smallest absolute Gasteiger partial charge is 0.123 e. The van der Waals surface area contributed by atoms with Crippen molar-refractivity contribution in [1.29, 1.82) is 0 Å². The van der Waals surface area contributed by atoms with Crippen LogP contribution in [-0.4, -0.2) is 16.8 Å². The minimum Gasteiger partial charge on any atom is -0.313 e. The molecular formula is C17H24FN3. The Labute approximate surface area is 126 Å². The lowest BCUT2D eigenvalue weighted by Crippen LogP contribution is -2.21. The molecule has 0 bridgehead atoms. The molecule has 2 aromatic rings. The second-order valence-corrected chi connectivity index (χ2v) is 5.34. The number of rotatable bonds is 6. The van der Waals surface area contributed by atoms with Crippen LogP contribution in [0.1, 0.15) is 42.4 Å². The van der Waals surface area contributed by atoms with Crippen LogP contribution in [0.15, 0.2) is 24.3 Å².